The smallest absolute Gasteiger partial charge is 0.343 e. The van der Waals surface area contributed by atoms with E-state index < -0.39 is 5.97 Å². The summed E-state index contributed by atoms with van der Waals surface area (Å²) in [5.41, 5.74) is 2.03. The van der Waals surface area contributed by atoms with Gasteiger partial charge < -0.3 is 15.0 Å². The van der Waals surface area contributed by atoms with E-state index in [2.05, 4.69) is 58.7 Å². The Morgan fingerprint density at radius 2 is 1.86 bits per heavy atom. The van der Waals surface area contributed by atoms with Crippen molar-refractivity contribution in [2.75, 3.05) is 25.0 Å². The fraction of sp³-hybridized carbons (Fsp3) is 0.379. The van der Waals surface area contributed by atoms with Crippen molar-refractivity contribution in [1.29, 1.82) is 0 Å². The van der Waals surface area contributed by atoms with E-state index in [-0.39, 0.29) is 23.6 Å². The number of amides is 1. The molecule has 1 N–H and O–H groups in total. The first-order chi connectivity index (χ1) is 18.0. The lowest BCUT2D eigenvalue weighted by Crippen LogP contribution is -2.41. The third-order valence-corrected chi connectivity index (χ3v) is 7.45. The Hall–Kier alpha value is -3.94. The van der Waals surface area contributed by atoms with Gasteiger partial charge in [0, 0.05) is 19.3 Å². The monoisotopic (exact) mass is 499 g/mol. The van der Waals surface area contributed by atoms with E-state index in [0.29, 0.717) is 36.0 Å². The average molecular weight is 500 g/mol. The first-order valence-corrected chi connectivity index (χ1v) is 13.1. The predicted octanol–water partition coefficient (Wildman–Crippen LogP) is 5.00. The summed E-state index contributed by atoms with van der Waals surface area (Å²) >= 11 is 0. The maximum atomic E-state index is 13.9. The number of aromatic nitrogens is 3. The number of carbonyl (C=O) groups is 2. The molecule has 3 aromatic rings. The highest BCUT2D eigenvalue weighted by Gasteiger charge is 2.32. The van der Waals surface area contributed by atoms with Crippen molar-refractivity contribution in [2.45, 2.75) is 51.0 Å². The summed E-state index contributed by atoms with van der Waals surface area (Å²) in [5.74, 6) is 0.420. The molecule has 0 spiro atoms. The lowest BCUT2D eigenvalue weighted by molar-refractivity contribution is 0.0528. The quantitative estimate of drug-likeness (QED) is 0.460. The molecule has 0 radical (unpaired) electrons. The Morgan fingerprint density at radius 3 is 2.54 bits per heavy atom. The van der Waals surface area contributed by atoms with Crippen LogP contribution >= 0.6 is 0 Å². The van der Waals surface area contributed by atoms with E-state index in [0.717, 1.165) is 25.7 Å². The predicted molar refractivity (Wildman–Crippen MR) is 143 cm³/mol. The molecule has 0 saturated carbocycles. The highest BCUT2D eigenvalue weighted by molar-refractivity contribution is 6.01. The normalized spacial score (nSPS) is 19.8. The minimum absolute atomic E-state index is 0.0850. The Balaban J connectivity index is 1.48. The van der Waals surface area contributed by atoms with Crippen LogP contribution in [-0.2, 0) is 4.74 Å². The molecule has 192 valence electrons. The number of hydrogen-bond donors (Lipinski definition) is 1. The van der Waals surface area contributed by atoms with Crippen LogP contribution in [0.15, 0.2) is 67.0 Å². The molecule has 1 atom stereocenters. The summed E-state index contributed by atoms with van der Waals surface area (Å²) < 4.78 is 6.77. The molecule has 1 aliphatic heterocycles. The van der Waals surface area contributed by atoms with E-state index in [4.69, 9.17) is 4.74 Å². The number of carbonyl (C=O) groups excluding carboxylic acids is 2. The maximum Gasteiger partial charge on any atom is 0.343 e. The number of nitrogens with one attached hydrogen (secondary N) is 1. The van der Waals surface area contributed by atoms with Crippen molar-refractivity contribution in [3.05, 3.63) is 83.7 Å². The molecule has 8 nitrogen and oxygen atoms in total. The highest BCUT2D eigenvalue weighted by atomic mass is 16.5. The number of likely N-dealkylation sites (tertiary alicyclic amines) is 1. The number of ether oxygens (including phenoxy) is 1. The molecule has 1 saturated heterocycles. The van der Waals surface area contributed by atoms with Crippen LogP contribution in [-0.4, -0.2) is 56.6 Å². The van der Waals surface area contributed by atoms with Crippen molar-refractivity contribution in [2.24, 2.45) is 0 Å². The summed E-state index contributed by atoms with van der Waals surface area (Å²) in [6, 6.07) is 10.5. The second-order valence-electron chi connectivity index (χ2n) is 9.64. The molecule has 0 bridgehead atoms. The van der Waals surface area contributed by atoms with E-state index in [1.165, 1.54) is 11.8 Å². The number of fused-ring (bicyclic) bond motifs is 1. The average Bonchev–Trinajstić information content (AvgIpc) is 3.39. The summed E-state index contributed by atoms with van der Waals surface area (Å²) in [6.45, 7) is 5.47. The minimum atomic E-state index is -0.483. The zero-order valence-electron chi connectivity index (χ0n) is 21.4. The van der Waals surface area contributed by atoms with Crippen LogP contribution in [0.5, 0.6) is 0 Å². The van der Waals surface area contributed by atoms with Crippen LogP contribution in [0.25, 0.3) is 5.65 Å². The molecule has 5 rings (SSSR count). The van der Waals surface area contributed by atoms with Crippen molar-refractivity contribution >= 4 is 23.3 Å². The Labute approximate surface area is 217 Å². The van der Waals surface area contributed by atoms with E-state index in [9.17, 15) is 9.59 Å². The van der Waals surface area contributed by atoms with Crippen LogP contribution in [0, 0.1) is 0 Å². The van der Waals surface area contributed by atoms with Crippen LogP contribution in [0.3, 0.4) is 0 Å². The molecule has 2 aliphatic rings. The van der Waals surface area contributed by atoms with Crippen LogP contribution < -0.4 is 5.32 Å². The van der Waals surface area contributed by atoms with Gasteiger partial charge in [-0.2, -0.15) is 9.61 Å². The van der Waals surface area contributed by atoms with Gasteiger partial charge in [0.05, 0.1) is 18.3 Å². The van der Waals surface area contributed by atoms with E-state index >= 15 is 0 Å². The number of benzene rings is 1. The third-order valence-electron chi connectivity index (χ3n) is 7.45. The largest absolute Gasteiger partial charge is 0.462 e. The van der Waals surface area contributed by atoms with Crippen molar-refractivity contribution in [1.82, 2.24) is 19.5 Å². The third kappa shape index (κ3) is 4.88. The second-order valence-corrected chi connectivity index (χ2v) is 9.64. The summed E-state index contributed by atoms with van der Waals surface area (Å²) in [7, 11) is 0. The van der Waals surface area contributed by atoms with Crippen LogP contribution in [0.4, 0.5) is 5.82 Å². The maximum absolute atomic E-state index is 13.9. The van der Waals surface area contributed by atoms with Gasteiger partial charge in [0.2, 0.25) is 0 Å². The van der Waals surface area contributed by atoms with Crippen molar-refractivity contribution < 1.29 is 14.3 Å². The Morgan fingerprint density at radius 1 is 1.08 bits per heavy atom. The fourth-order valence-corrected chi connectivity index (χ4v) is 5.22. The fourth-order valence-electron chi connectivity index (χ4n) is 5.22. The van der Waals surface area contributed by atoms with Gasteiger partial charge in [-0.05, 0) is 44.1 Å². The molecular formula is C29H33N5O3. The topological polar surface area (TPSA) is 88.8 Å². The number of esters is 1. The minimum Gasteiger partial charge on any atom is -0.462 e. The number of anilines is 1. The Bertz CT molecular complexity index is 1340. The van der Waals surface area contributed by atoms with Gasteiger partial charge in [-0.1, -0.05) is 61.6 Å². The number of nitrogens with zero attached hydrogens (tertiary/aromatic N) is 4. The van der Waals surface area contributed by atoms with E-state index in [1.54, 1.807) is 17.6 Å². The van der Waals surface area contributed by atoms with Gasteiger partial charge in [0.15, 0.2) is 5.65 Å². The zero-order chi connectivity index (χ0) is 25.8. The van der Waals surface area contributed by atoms with Crippen molar-refractivity contribution in [3.63, 3.8) is 0 Å². The van der Waals surface area contributed by atoms with Crippen molar-refractivity contribution in [3.8, 4) is 0 Å². The molecule has 1 aromatic carbocycles. The Kier molecular flexibility index (Phi) is 7.08. The molecule has 1 amide bonds. The van der Waals surface area contributed by atoms with Gasteiger partial charge in [-0.25, -0.2) is 9.78 Å². The molecule has 3 heterocycles. The molecule has 1 fully saturated rings. The second kappa shape index (κ2) is 10.6. The first kappa shape index (κ1) is 24.7. The number of allylic oxidation sites excluding steroid dienone is 2. The van der Waals surface area contributed by atoms with Crippen LogP contribution in [0.1, 0.15) is 71.7 Å². The molecular weight excluding hydrogens is 466 g/mol. The first-order valence-electron chi connectivity index (χ1n) is 13.1. The molecule has 2 aromatic heterocycles. The van der Waals surface area contributed by atoms with Gasteiger partial charge >= 0.3 is 5.97 Å². The van der Waals surface area contributed by atoms with Gasteiger partial charge in [0.1, 0.15) is 16.9 Å². The molecule has 1 aliphatic carbocycles. The van der Waals surface area contributed by atoms with Gasteiger partial charge in [-0.3, -0.25) is 4.79 Å². The lowest BCUT2D eigenvalue weighted by Gasteiger charge is -2.35. The highest BCUT2D eigenvalue weighted by Crippen LogP contribution is 2.32. The summed E-state index contributed by atoms with van der Waals surface area (Å²) in [5, 5.41) is 8.09. The SMILES string of the molecule is CCOC(=O)c1cnn2c(NC3(CC)C=CC=CC3)c(C(=O)N3CCC(c4ccccc4)CC3)cnc12. The van der Waals surface area contributed by atoms with Gasteiger partial charge in [-0.15, -0.1) is 0 Å². The summed E-state index contributed by atoms with van der Waals surface area (Å²) in [4.78, 5) is 32.8. The molecule has 1 unspecified atom stereocenters. The molecule has 37 heavy (non-hydrogen) atoms. The standard InChI is InChI=1S/C29H33N5O3/c1-3-29(15-9-6-10-16-29)32-26-23(19-30-25-24(20-31-34(25)26)28(36)37-4-2)27(35)33-17-13-22(14-18-33)21-11-7-5-8-12-21/h5-12,15,19-20,22,32H,3-4,13-14,16-18H2,1-2H3. The van der Waals surface area contributed by atoms with Crippen LogP contribution in [0.2, 0.25) is 0 Å². The number of piperidine rings is 1. The van der Waals surface area contributed by atoms with Gasteiger partial charge in [0.25, 0.3) is 5.91 Å². The molecule has 8 heteroatoms. The summed E-state index contributed by atoms with van der Waals surface area (Å²) in [6.07, 6.45) is 14.7. The number of hydrogen-bond acceptors (Lipinski definition) is 6. The lowest BCUT2D eigenvalue weighted by atomic mass is 9.88. The zero-order valence-corrected chi connectivity index (χ0v) is 21.4. The number of rotatable bonds is 7. The van der Waals surface area contributed by atoms with E-state index in [1.807, 2.05) is 23.1 Å².